The fraction of sp³-hybridized carbons (Fsp3) is 0.444. The van der Waals surface area contributed by atoms with Gasteiger partial charge in [0.25, 0.3) is 5.91 Å². The standard InChI is InChI=1S/C27H34N6O5/c1-4-37-26(35)32-14-10-30(11-15-32)20(3)21-6-8-28-23(18-21)24-19-22(7-9-29-24)25(34)31-12-16-33(17-13-31)27(36)38-5-2/h6-9,18-19H,3-5,10-17H2,1-2H3. The highest BCUT2D eigenvalue weighted by atomic mass is 16.6. The summed E-state index contributed by atoms with van der Waals surface area (Å²) in [5, 5.41) is 0. The molecule has 0 atom stereocenters. The molecule has 38 heavy (non-hydrogen) atoms. The van der Waals surface area contributed by atoms with Crippen molar-refractivity contribution in [2.75, 3.05) is 65.6 Å². The third-order valence-electron chi connectivity index (χ3n) is 6.64. The van der Waals surface area contributed by atoms with Gasteiger partial charge in [-0.15, -0.1) is 0 Å². The largest absolute Gasteiger partial charge is 0.450 e. The highest BCUT2D eigenvalue weighted by molar-refractivity contribution is 5.95. The molecule has 0 bridgehead atoms. The van der Waals surface area contributed by atoms with Crippen molar-refractivity contribution in [3.05, 3.63) is 54.4 Å². The molecule has 0 radical (unpaired) electrons. The van der Waals surface area contributed by atoms with Crippen LogP contribution < -0.4 is 0 Å². The number of piperazine rings is 2. The number of amides is 3. The van der Waals surface area contributed by atoms with Crippen LogP contribution >= 0.6 is 0 Å². The van der Waals surface area contributed by atoms with Gasteiger partial charge in [0.1, 0.15) is 0 Å². The van der Waals surface area contributed by atoms with E-state index in [2.05, 4.69) is 21.4 Å². The molecular formula is C27H34N6O5. The topological polar surface area (TPSA) is 108 Å². The zero-order valence-corrected chi connectivity index (χ0v) is 22.0. The van der Waals surface area contributed by atoms with Crippen LogP contribution in [0.2, 0.25) is 0 Å². The van der Waals surface area contributed by atoms with Crippen LogP contribution in [-0.4, -0.2) is 113 Å². The highest BCUT2D eigenvalue weighted by Gasteiger charge is 2.26. The Labute approximate surface area is 222 Å². The van der Waals surface area contributed by atoms with E-state index in [-0.39, 0.29) is 18.1 Å². The van der Waals surface area contributed by atoms with Crippen molar-refractivity contribution < 1.29 is 23.9 Å². The lowest BCUT2D eigenvalue weighted by Gasteiger charge is -2.36. The van der Waals surface area contributed by atoms with Crippen LogP contribution in [-0.2, 0) is 9.47 Å². The summed E-state index contributed by atoms with van der Waals surface area (Å²) in [4.78, 5) is 53.2. The van der Waals surface area contributed by atoms with Gasteiger partial charge in [-0.1, -0.05) is 6.58 Å². The number of carbonyl (C=O) groups excluding carboxylic acids is 3. The molecule has 11 heteroatoms. The number of hydrogen-bond donors (Lipinski definition) is 0. The summed E-state index contributed by atoms with van der Waals surface area (Å²) in [6.07, 6.45) is 2.68. The molecule has 4 rings (SSSR count). The molecular weight excluding hydrogens is 488 g/mol. The zero-order valence-electron chi connectivity index (χ0n) is 22.0. The van der Waals surface area contributed by atoms with E-state index in [0.717, 1.165) is 11.3 Å². The minimum absolute atomic E-state index is 0.114. The van der Waals surface area contributed by atoms with E-state index >= 15 is 0 Å². The second-order valence-corrected chi connectivity index (χ2v) is 8.96. The van der Waals surface area contributed by atoms with Crippen LogP contribution in [0, 0.1) is 0 Å². The summed E-state index contributed by atoms with van der Waals surface area (Å²) in [5.74, 6) is -0.114. The molecule has 2 fully saturated rings. The first-order chi connectivity index (χ1) is 18.4. The molecule has 0 unspecified atom stereocenters. The van der Waals surface area contributed by atoms with Gasteiger partial charge in [-0.2, -0.15) is 0 Å². The first kappa shape index (κ1) is 26.9. The van der Waals surface area contributed by atoms with Crippen molar-refractivity contribution in [3.63, 3.8) is 0 Å². The van der Waals surface area contributed by atoms with Gasteiger partial charge < -0.3 is 29.1 Å². The maximum Gasteiger partial charge on any atom is 0.409 e. The summed E-state index contributed by atoms with van der Waals surface area (Å²) in [6.45, 7) is 12.7. The third-order valence-corrected chi connectivity index (χ3v) is 6.64. The molecule has 2 aromatic rings. The van der Waals surface area contributed by atoms with E-state index < -0.39 is 0 Å². The molecule has 2 aliphatic rings. The predicted octanol–water partition coefficient (Wildman–Crippen LogP) is 2.80. The van der Waals surface area contributed by atoms with Gasteiger partial charge in [0.05, 0.1) is 24.6 Å². The Balaban J connectivity index is 1.40. The van der Waals surface area contributed by atoms with E-state index in [9.17, 15) is 14.4 Å². The predicted molar refractivity (Wildman–Crippen MR) is 141 cm³/mol. The van der Waals surface area contributed by atoms with Gasteiger partial charge in [0.15, 0.2) is 0 Å². The van der Waals surface area contributed by atoms with Crippen LogP contribution in [0.15, 0.2) is 43.2 Å². The third kappa shape index (κ3) is 6.21. The average Bonchev–Trinajstić information content (AvgIpc) is 2.97. The first-order valence-electron chi connectivity index (χ1n) is 12.9. The summed E-state index contributed by atoms with van der Waals surface area (Å²) in [6, 6.07) is 7.23. The van der Waals surface area contributed by atoms with Gasteiger partial charge in [0, 0.05) is 81.6 Å². The number of rotatable bonds is 6. The minimum Gasteiger partial charge on any atom is -0.450 e. The second kappa shape index (κ2) is 12.4. The van der Waals surface area contributed by atoms with Gasteiger partial charge in [0.2, 0.25) is 0 Å². The molecule has 11 nitrogen and oxygen atoms in total. The second-order valence-electron chi connectivity index (χ2n) is 8.96. The molecule has 3 amide bonds. The Morgan fingerprint density at radius 1 is 0.711 bits per heavy atom. The van der Waals surface area contributed by atoms with Crippen molar-refractivity contribution in [3.8, 4) is 11.4 Å². The molecule has 0 N–H and O–H groups in total. The van der Waals surface area contributed by atoms with E-state index in [1.807, 2.05) is 12.1 Å². The Hall–Kier alpha value is -4.15. The van der Waals surface area contributed by atoms with Crippen molar-refractivity contribution in [2.45, 2.75) is 13.8 Å². The van der Waals surface area contributed by atoms with E-state index in [1.165, 1.54) is 0 Å². The highest BCUT2D eigenvalue weighted by Crippen LogP contribution is 2.24. The Kier molecular flexibility index (Phi) is 8.77. The molecule has 4 heterocycles. The maximum absolute atomic E-state index is 13.2. The van der Waals surface area contributed by atoms with Crippen LogP contribution in [0.1, 0.15) is 29.8 Å². The quantitative estimate of drug-likeness (QED) is 0.570. The van der Waals surface area contributed by atoms with Gasteiger partial charge in [-0.05, 0) is 38.1 Å². The molecule has 0 aliphatic carbocycles. The number of aromatic nitrogens is 2. The van der Waals surface area contributed by atoms with Crippen molar-refractivity contribution in [2.24, 2.45) is 0 Å². The Morgan fingerprint density at radius 2 is 1.13 bits per heavy atom. The van der Waals surface area contributed by atoms with Crippen LogP contribution in [0.5, 0.6) is 0 Å². The van der Waals surface area contributed by atoms with Gasteiger partial charge in [-0.25, -0.2) is 9.59 Å². The zero-order chi connectivity index (χ0) is 27.1. The average molecular weight is 523 g/mol. The SMILES string of the molecule is C=C(c1ccnc(-c2cc(C(=O)N3CCN(C(=O)OCC)CC3)ccn2)c1)N1CCN(C(=O)OCC)CC1. The summed E-state index contributed by atoms with van der Waals surface area (Å²) in [7, 11) is 0. The van der Waals surface area contributed by atoms with Crippen molar-refractivity contribution in [1.82, 2.24) is 29.6 Å². The fourth-order valence-corrected chi connectivity index (χ4v) is 4.50. The normalized spacial score (nSPS) is 15.7. The molecule has 0 spiro atoms. The van der Waals surface area contributed by atoms with Crippen LogP contribution in [0.25, 0.3) is 17.1 Å². The van der Waals surface area contributed by atoms with Gasteiger partial charge in [-0.3, -0.25) is 14.8 Å². The number of pyridine rings is 2. The molecule has 0 saturated carbocycles. The van der Waals surface area contributed by atoms with E-state index in [1.54, 1.807) is 53.1 Å². The van der Waals surface area contributed by atoms with E-state index in [0.29, 0.717) is 82.5 Å². The fourth-order valence-electron chi connectivity index (χ4n) is 4.50. The summed E-state index contributed by atoms with van der Waals surface area (Å²) in [5.41, 5.74) is 3.47. The molecule has 202 valence electrons. The Morgan fingerprint density at radius 3 is 1.63 bits per heavy atom. The Bertz CT molecular complexity index is 1080. The number of hydrogen-bond acceptors (Lipinski definition) is 8. The monoisotopic (exact) mass is 522 g/mol. The number of nitrogens with zero attached hydrogens (tertiary/aromatic N) is 6. The minimum atomic E-state index is -0.348. The first-order valence-corrected chi connectivity index (χ1v) is 12.9. The van der Waals surface area contributed by atoms with Crippen molar-refractivity contribution >= 4 is 23.8 Å². The lowest BCUT2D eigenvalue weighted by atomic mass is 10.1. The van der Waals surface area contributed by atoms with Crippen LogP contribution in [0.3, 0.4) is 0 Å². The summed E-state index contributed by atoms with van der Waals surface area (Å²) < 4.78 is 10.2. The lowest BCUT2D eigenvalue weighted by molar-refractivity contribution is 0.0570. The molecule has 2 saturated heterocycles. The molecule has 2 aromatic heterocycles. The number of ether oxygens (including phenoxy) is 2. The van der Waals surface area contributed by atoms with Gasteiger partial charge >= 0.3 is 12.2 Å². The van der Waals surface area contributed by atoms with Crippen LogP contribution in [0.4, 0.5) is 9.59 Å². The smallest absolute Gasteiger partial charge is 0.409 e. The molecule has 0 aromatic carbocycles. The summed E-state index contributed by atoms with van der Waals surface area (Å²) >= 11 is 0. The number of carbonyl (C=O) groups is 3. The maximum atomic E-state index is 13.2. The lowest BCUT2D eigenvalue weighted by Crippen LogP contribution is -2.50. The molecule has 2 aliphatic heterocycles. The van der Waals surface area contributed by atoms with Crippen molar-refractivity contribution in [1.29, 1.82) is 0 Å². The van der Waals surface area contributed by atoms with E-state index in [4.69, 9.17) is 9.47 Å².